The lowest BCUT2D eigenvalue weighted by atomic mass is 9.81. The van der Waals surface area contributed by atoms with Crippen molar-refractivity contribution in [2.24, 2.45) is 0 Å². The molecule has 1 saturated carbocycles. The van der Waals surface area contributed by atoms with Crippen LogP contribution in [0.2, 0.25) is 0 Å². The van der Waals surface area contributed by atoms with Crippen molar-refractivity contribution in [3.63, 3.8) is 0 Å². The molecule has 0 unspecified atom stereocenters. The summed E-state index contributed by atoms with van der Waals surface area (Å²) in [6.45, 7) is -0.392. The Hall–Kier alpha value is -2.72. The molecule has 0 atom stereocenters. The number of hydrogen-bond acceptors (Lipinski definition) is 6. The number of rotatable bonds is 5. The highest BCUT2D eigenvalue weighted by Gasteiger charge is 2.39. The molecule has 1 aliphatic rings. The Balaban J connectivity index is 1.60. The van der Waals surface area contributed by atoms with Gasteiger partial charge < -0.3 is 9.64 Å². The van der Waals surface area contributed by atoms with E-state index in [1.807, 2.05) is 30.3 Å². The molecule has 140 valence electrons. The molecule has 1 aromatic carbocycles. The summed E-state index contributed by atoms with van der Waals surface area (Å²) in [5, 5.41) is 11.9. The lowest BCUT2D eigenvalue weighted by Gasteiger charge is -2.38. The van der Waals surface area contributed by atoms with Gasteiger partial charge in [-0.15, -0.1) is 11.3 Å². The maximum absolute atomic E-state index is 12.4. The zero-order valence-corrected chi connectivity index (χ0v) is 16.0. The van der Waals surface area contributed by atoms with Gasteiger partial charge in [0.1, 0.15) is 10.5 Å². The van der Waals surface area contributed by atoms with E-state index < -0.39 is 18.1 Å². The van der Waals surface area contributed by atoms with E-state index in [4.69, 9.17) is 4.74 Å². The number of aromatic nitrogens is 1. The summed E-state index contributed by atoms with van der Waals surface area (Å²) in [7, 11) is 1.61. The number of benzene rings is 1. The zero-order valence-electron chi connectivity index (χ0n) is 15.2. The highest BCUT2D eigenvalue weighted by molar-refractivity contribution is 7.13. The zero-order chi connectivity index (χ0) is 19.3. The molecule has 0 spiro atoms. The van der Waals surface area contributed by atoms with Gasteiger partial charge >= 0.3 is 5.97 Å². The summed E-state index contributed by atoms with van der Waals surface area (Å²) in [5.41, 5.74) is 0.315. The predicted molar refractivity (Wildman–Crippen MR) is 102 cm³/mol. The number of thiazole rings is 1. The average molecular weight is 383 g/mol. The van der Waals surface area contributed by atoms with E-state index in [1.54, 1.807) is 12.4 Å². The number of ether oxygens (including phenoxy) is 1. The van der Waals surface area contributed by atoms with Crippen LogP contribution in [0.3, 0.4) is 0 Å². The summed E-state index contributed by atoms with van der Waals surface area (Å²) < 4.78 is 5.15. The van der Waals surface area contributed by atoms with Crippen molar-refractivity contribution in [3.05, 3.63) is 41.4 Å². The molecule has 1 aromatic heterocycles. The van der Waals surface area contributed by atoms with Crippen LogP contribution in [0.15, 0.2) is 35.7 Å². The van der Waals surface area contributed by atoms with E-state index in [2.05, 4.69) is 11.1 Å². The van der Waals surface area contributed by atoms with E-state index in [0.29, 0.717) is 12.8 Å². The highest BCUT2D eigenvalue weighted by atomic mass is 32.1. The van der Waals surface area contributed by atoms with Crippen LogP contribution in [0.5, 0.6) is 0 Å². The molecule has 2 aromatic rings. The molecular formula is C20H21N3O3S. The van der Waals surface area contributed by atoms with Gasteiger partial charge in [-0.3, -0.25) is 4.79 Å². The summed E-state index contributed by atoms with van der Waals surface area (Å²) >= 11 is 1.35. The Bertz CT molecular complexity index is 851. The standard InChI is InChI=1S/C20H21N3O3S/c1-23(20(14-21)10-6-3-7-11-20)17(24)12-26-19(25)16-13-27-18(22-16)15-8-4-2-5-9-15/h2,4-5,8-9,13H,3,6-7,10-12H2,1H3. The van der Waals surface area contributed by atoms with Crippen LogP contribution in [0.4, 0.5) is 0 Å². The Morgan fingerprint density at radius 3 is 2.63 bits per heavy atom. The first-order valence-electron chi connectivity index (χ1n) is 8.92. The minimum Gasteiger partial charge on any atom is -0.451 e. The fourth-order valence-electron chi connectivity index (χ4n) is 3.28. The Morgan fingerprint density at radius 1 is 1.26 bits per heavy atom. The maximum atomic E-state index is 12.4. The first-order valence-corrected chi connectivity index (χ1v) is 9.80. The molecule has 0 N–H and O–H groups in total. The van der Waals surface area contributed by atoms with E-state index in [0.717, 1.165) is 29.8 Å². The fourth-order valence-corrected chi connectivity index (χ4v) is 4.07. The van der Waals surface area contributed by atoms with Gasteiger partial charge in [-0.25, -0.2) is 9.78 Å². The topological polar surface area (TPSA) is 83.3 Å². The second kappa shape index (κ2) is 8.31. The molecule has 1 heterocycles. The smallest absolute Gasteiger partial charge is 0.358 e. The third-order valence-corrected chi connectivity index (χ3v) is 5.86. The molecule has 0 aliphatic heterocycles. The Morgan fingerprint density at radius 2 is 1.96 bits per heavy atom. The van der Waals surface area contributed by atoms with Crippen LogP contribution in [-0.4, -0.2) is 41.0 Å². The van der Waals surface area contributed by atoms with Crippen LogP contribution in [0.1, 0.15) is 42.6 Å². The summed E-state index contributed by atoms with van der Waals surface area (Å²) in [5.74, 6) is -1.00. The largest absolute Gasteiger partial charge is 0.451 e. The van der Waals surface area contributed by atoms with E-state index >= 15 is 0 Å². The fraction of sp³-hybridized carbons (Fsp3) is 0.400. The lowest BCUT2D eigenvalue weighted by molar-refractivity contribution is -0.138. The van der Waals surface area contributed by atoms with Crippen molar-refractivity contribution in [1.29, 1.82) is 5.26 Å². The van der Waals surface area contributed by atoms with Crippen molar-refractivity contribution in [1.82, 2.24) is 9.88 Å². The molecule has 6 nitrogen and oxygen atoms in total. The van der Waals surface area contributed by atoms with Gasteiger partial charge in [0, 0.05) is 18.0 Å². The van der Waals surface area contributed by atoms with Crippen molar-refractivity contribution in [2.75, 3.05) is 13.7 Å². The van der Waals surface area contributed by atoms with Crippen molar-refractivity contribution in [3.8, 4) is 16.6 Å². The third-order valence-electron chi connectivity index (χ3n) is 4.97. The summed E-state index contributed by atoms with van der Waals surface area (Å²) in [6, 6.07) is 11.8. The molecule has 3 rings (SSSR count). The number of likely N-dealkylation sites (N-methyl/N-ethyl adjacent to an activating group) is 1. The normalized spacial score (nSPS) is 15.6. The summed E-state index contributed by atoms with van der Waals surface area (Å²) in [6.07, 6.45) is 4.24. The molecule has 27 heavy (non-hydrogen) atoms. The first-order chi connectivity index (χ1) is 13.1. The van der Waals surface area contributed by atoms with Gasteiger partial charge in [0.05, 0.1) is 6.07 Å². The number of hydrogen-bond donors (Lipinski definition) is 0. The molecule has 0 saturated heterocycles. The number of nitrogens with zero attached hydrogens (tertiary/aromatic N) is 3. The maximum Gasteiger partial charge on any atom is 0.358 e. The number of esters is 1. The number of amides is 1. The van der Waals surface area contributed by atoms with Gasteiger partial charge in [0.25, 0.3) is 5.91 Å². The van der Waals surface area contributed by atoms with E-state index in [1.165, 1.54) is 16.2 Å². The van der Waals surface area contributed by atoms with Crippen LogP contribution in [0.25, 0.3) is 10.6 Å². The Kier molecular flexibility index (Phi) is 5.87. The van der Waals surface area contributed by atoms with E-state index in [-0.39, 0.29) is 11.6 Å². The van der Waals surface area contributed by atoms with Crippen LogP contribution >= 0.6 is 11.3 Å². The minimum absolute atomic E-state index is 0.182. The van der Waals surface area contributed by atoms with Gasteiger partial charge in [0.15, 0.2) is 12.3 Å². The second-order valence-electron chi connectivity index (χ2n) is 6.64. The van der Waals surface area contributed by atoms with Crippen LogP contribution in [0, 0.1) is 11.3 Å². The number of carbonyl (C=O) groups is 2. The SMILES string of the molecule is CN(C(=O)COC(=O)c1csc(-c2ccccc2)n1)C1(C#N)CCCCC1. The van der Waals surface area contributed by atoms with Crippen molar-refractivity contribution < 1.29 is 14.3 Å². The molecule has 1 amide bonds. The number of nitriles is 1. The quantitative estimate of drug-likeness (QED) is 0.736. The Labute approximate surface area is 162 Å². The van der Waals surface area contributed by atoms with Gasteiger partial charge in [0.2, 0.25) is 0 Å². The highest BCUT2D eigenvalue weighted by Crippen LogP contribution is 2.32. The predicted octanol–water partition coefficient (Wildman–Crippen LogP) is 3.65. The average Bonchev–Trinajstić information content (AvgIpc) is 3.22. The molecule has 0 bridgehead atoms. The monoisotopic (exact) mass is 383 g/mol. The molecule has 1 fully saturated rings. The van der Waals surface area contributed by atoms with Crippen LogP contribution < -0.4 is 0 Å². The van der Waals surface area contributed by atoms with Crippen molar-refractivity contribution >= 4 is 23.2 Å². The molecule has 7 heteroatoms. The minimum atomic E-state index is -0.789. The van der Waals surface area contributed by atoms with Gasteiger partial charge in [-0.2, -0.15) is 5.26 Å². The first kappa shape index (κ1) is 19.1. The van der Waals surface area contributed by atoms with Crippen LogP contribution in [-0.2, 0) is 9.53 Å². The molecule has 1 aliphatic carbocycles. The summed E-state index contributed by atoms with van der Waals surface area (Å²) in [4.78, 5) is 30.4. The van der Waals surface area contributed by atoms with Crippen molar-refractivity contribution in [2.45, 2.75) is 37.6 Å². The van der Waals surface area contributed by atoms with Gasteiger partial charge in [-0.05, 0) is 12.8 Å². The van der Waals surface area contributed by atoms with E-state index in [9.17, 15) is 14.9 Å². The third kappa shape index (κ3) is 4.17. The second-order valence-corrected chi connectivity index (χ2v) is 7.49. The van der Waals surface area contributed by atoms with Gasteiger partial charge in [-0.1, -0.05) is 49.6 Å². The lowest BCUT2D eigenvalue weighted by Crippen LogP contribution is -2.51. The molecular weight excluding hydrogens is 362 g/mol. The number of carbonyl (C=O) groups excluding carboxylic acids is 2. The molecule has 0 radical (unpaired) electrons.